The van der Waals surface area contributed by atoms with E-state index in [1.165, 1.54) is 0 Å². The van der Waals surface area contributed by atoms with Gasteiger partial charge in [-0.25, -0.2) is 0 Å². The van der Waals surface area contributed by atoms with E-state index < -0.39 is 0 Å². The molecule has 20 heavy (non-hydrogen) atoms. The van der Waals surface area contributed by atoms with Gasteiger partial charge in [-0.3, -0.25) is 4.79 Å². The number of ether oxygens (including phenoxy) is 2. The Balaban J connectivity index is 1.53. The quantitative estimate of drug-likeness (QED) is 0.878. The lowest BCUT2D eigenvalue weighted by molar-refractivity contribution is -0.126. The Morgan fingerprint density at radius 3 is 2.75 bits per heavy atom. The number of benzene rings is 1. The molecule has 0 saturated heterocycles. The summed E-state index contributed by atoms with van der Waals surface area (Å²) in [6.07, 6.45) is 3.69. The highest BCUT2D eigenvalue weighted by molar-refractivity contribution is 5.78. The number of carbonyl (C=O) groups is 1. The van der Waals surface area contributed by atoms with Crippen LogP contribution in [0.3, 0.4) is 0 Å². The van der Waals surface area contributed by atoms with Crippen molar-refractivity contribution in [2.45, 2.75) is 38.3 Å². The Hall–Kier alpha value is -1.75. The van der Waals surface area contributed by atoms with Crippen LogP contribution in [0.15, 0.2) is 18.2 Å². The first kappa shape index (κ1) is 13.2. The summed E-state index contributed by atoms with van der Waals surface area (Å²) in [6, 6.07) is 6.01. The largest absolute Gasteiger partial charge is 0.454 e. The Morgan fingerprint density at radius 2 is 1.95 bits per heavy atom. The van der Waals surface area contributed by atoms with Crippen molar-refractivity contribution in [2.75, 3.05) is 6.79 Å². The third-order valence-corrected chi connectivity index (χ3v) is 4.05. The third kappa shape index (κ3) is 2.88. The van der Waals surface area contributed by atoms with Crippen LogP contribution in [0.1, 0.15) is 31.2 Å². The number of nitrogens with two attached hydrogens (primary N) is 1. The first-order chi connectivity index (χ1) is 9.72. The zero-order chi connectivity index (χ0) is 13.9. The van der Waals surface area contributed by atoms with E-state index >= 15 is 0 Å². The van der Waals surface area contributed by atoms with Gasteiger partial charge in [0.25, 0.3) is 0 Å². The zero-order valence-electron chi connectivity index (χ0n) is 11.4. The van der Waals surface area contributed by atoms with Crippen LogP contribution in [0.25, 0.3) is 0 Å². The van der Waals surface area contributed by atoms with Crippen LogP contribution in [0.2, 0.25) is 0 Å². The minimum absolute atomic E-state index is 0.115. The Labute approximate surface area is 118 Å². The topological polar surface area (TPSA) is 73.6 Å². The lowest BCUT2D eigenvalue weighted by Gasteiger charge is -2.25. The molecular formula is C15H20N2O3. The van der Waals surface area contributed by atoms with Crippen molar-refractivity contribution in [1.82, 2.24) is 5.32 Å². The zero-order valence-corrected chi connectivity index (χ0v) is 11.4. The van der Waals surface area contributed by atoms with E-state index in [1.807, 2.05) is 18.2 Å². The maximum absolute atomic E-state index is 12.1. The van der Waals surface area contributed by atoms with Crippen molar-refractivity contribution in [2.24, 2.45) is 11.7 Å². The maximum atomic E-state index is 12.1. The molecular weight excluding hydrogens is 256 g/mol. The summed E-state index contributed by atoms with van der Waals surface area (Å²) in [6.45, 7) is 0.797. The van der Waals surface area contributed by atoms with Crippen molar-refractivity contribution in [3.8, 4) is 11.5 Å². The molecule has 0 aromatic heterocycles. The van der Waals surface area contributed by atoms with E-state index in [1.54, 1.807) is 0 Å². The highest BCUT2D eigenvalue weighted by Gasteiger charge is 2.24. The molecule has 1 aromatic carbocycles. The molecule has 1 aliphatic heterocycles. The molecule has 1 saturated carbocycles. The summed E-state index contributed by atoms with van der Waals surface area (Å²) >= 11 is 0. The second-order valence-corrected chi connectivity index (χ2v) is 5.52. The van der Waals surface area contributed by atoms with Gasteiger partial charge in [-0.15, -0.1) is 0 Å². The minimum atomic E-state index is 0.115. The van der Waals surface area contributed by atoms with E-state index in [0.29, 0.717) is 6.54 Å². The summed E-state index contributed by atoms with van der Waals surface area (Å²) in [5, 5.41) is 3.00. The second kappa shape index (κ2) is 5.71. The van der Waals surface area contributed by atoms with Gasteiger partial charge in [-0.1, -0.05) is 6.07 Å². The molecule has 2 aliphatic rings. The Morgan fingerprint density at radius 1 is 1.20 bits per heavy atom. The summed E-state index contributed by atoms with van der Waals surface area (Å²) in [4.78, 5) is 12.1. The van der Waals surface area contributed by atoms with Gasteiger partial charge in [0.15, 0.2) is 11.5 Å². The molecule has 0 radical (unpaired) electrons. The molecule has 5 nitrogen and oxygen atoms in total. The summed E-state index contributed by atoms with van der Waals surface area (Å²) in [5.41, 5.74) is 6.88. The van der Waals surface area contributed by atoms with Gasteiger partial charge in [0.2, 0.25) is 12.7 Å². The van der Waals surface area contributed by atoms with E-state index in [2.05, 4.69) is 5.32 Å². The molecule has 5 heteroatoms. The molecule has 0 spiro atoms. The van der Waals surface area contributed by atoms with E-state index in [-0.39, 0.29) is 24.7 Å². The normalized spacial score (nSPS) is 24.4. The minimum Gasteiger partial charge on any atom is -0.454 e. The van der Waals surface area contributed by atoms with Crippen LogP contribution in [-0.4, -0.2) is 18.7 Å². The first-order valence-electron chi connectivity index (χ1n) is 7.14. The number of nitrogens with one attached hydrogen (secondary N) is 1. The molecule has 108 valence electrons. The molecule has 0 unspecified atom stereocenters. The Kier molecular flexibility index (Phi) is 3.78. The second-order valence-electron chi connectivity index (χ2n) is 5.52. The van der Waals surface area contributed by atoms with Crippen LogP contribution < -0.4 is 20.5 Å². The van der Waals surface area contributed by atoms with Crippen LogP contribution in [-0.2, 0) is 11.3 Å². The fourth-order valence-electron chi connectivity index (χ4n) is 2.77. The van der Waals surface area contributed by atoms with Gasteiger partial charge in [0, 0.05) is 18.5 Å². The van der Waals surface area contributed by atoms with Crippen LogP contribution in [0, 0.1) is 5.92 Å². The number of fused-ring (bicyclic) bond motifs is 1. The van der Waals surface area contributed by atoms with E-state index in [4.69, 9.17) is 15.2 Å². The smallest absolute Gasteiger partial charge is 0.231 e. The van der Waals surface area contributed by atoms with Crippen molar-refractivity contribution in [1.29, 1.82) is 0 Å². The highest BCUT2D eigenvalue weighted by Crippen LogP contribution is 2.32. The summed E-state index contributed by atoms with van der Waals surface area (Å²) < 4.78 is 10.6. The molecule has 1 heterocycles. The van der Waals surface area contributed by atoms with E-state index in [0.717, 1.165) is 42.7 Å². The van der Waals surface area contributed by atoms with Crippen LogP contribution in [0.5, 0.6) is 11.5 Å². The SMILES string of the molecule is NC1CCC(C(=O)NCc2ccc3c(c2)OCO3)CC1. The summed E-state index contributed by atoms with van der Waals surface area (Å²) in [5.74, 6) is 1.76. The fourth-order valence-corrected chi connectivity index (χ4v) is 2.77. The highest BCUT2D eigenvalue weighted by atomic mass is 16.7. The van der Waals surface area contributed by atoms with Gasteiger partial charge in [-0.2, -0.15) is 0 Å². The van der Waals surface area contributed by atoms with Crippen molar-refractivity contribution in [3.05, 3.63) is 23.8 Å². The molecule has 3 N–H and O–H groups in total. The number of rotatable bonds is 3. The van der Waals surface area contributed by atoms with Crippen molar-refractivity contribution >= 4 is 5.91 Å². The molecule has 1 aromatic rings. The summed E-state index contributed by atoms with van der Waals surface area (Å²) in [7, 11) is 0. The average molecular weight is 276 g/mol. The lowest BCUT2D eigenvalue weighted by Crippen LogP contribution is -2.35. The van der Waals surface area contributed by atoms with Crippen molar-refractivity contribution < 1.29 is 14.3 Å². The van der Waals surface area contributed by atoms with Gasteiger partial charge in [0.1, 0.15) is 0 Å². The van der Waals surface area contributed by atoms with Gasteiger partial charge >= 0.3 is 0 Å². The predicted molar refractivity (Wildman–Crippen MR) is 74.3 cm³/mol. The van der Waals surface area contributed by atoms with Gasteiger partial charge < -0.3 is 20.5 Å². The number of hydrogen-bond donors (Lipinski definition) is 2. The molecule has 0 bridgehead atoms. The van der Waals surface area contributed by atoms with Gasteiger partial charge in [0.05, 0.1) is 0 Å². The molecule has 3 rings (SSSR count). The predicted octanol–water partition coefficient (Wildman–Crippen LogP) is 1.55. The monoisotopic (exact) mass is 276 g/mol. The lowest BCUT2D eigenvalue weighted by atomic mass is 9.86. The molecule has 0 atom stereocenters. The van der Waals surface area contributed by atoms with Gasteiger partial charge in [-0.05, 0) is 43.4 Å². The molecule has 1 aliphatic carbocycles. The number of hydrogen-bond acceptors (Lipinski definition) is 4. The number of carbonyl (C=O) groups excluding carboxylic acids is 1. The number of amides is 1. The standard InChI is InChI=1S/C15H20N2O3/c16-12-4-2-11(3-5-12)15(18)17-8-10-1-6-13-14(7-10)20-9-19-13/h1,6-7,11-12H,2-5,8-9,16H2,(H,17,18). The fraction of sp³-hybridized carbons (Fsp3) is 0.533. The molecule has 1 amide bonds. The molecule has 1 fully saturated rings. The van der Waals surface area contributed by atoms with Crippen molar-refractivity contribution in [3.63, 3.8) is 0 Å². The average Bonchev–Trinajstić information content (AvgIpc) is 2.93. The third-order valence-electron chi connectivity index (χ3n) is 4.05. The van der Waals surface area contributed by atoms with Crippen LogP contribution >= 0.6 is 0 Å². The van der Waals surface area contributed by atoms with Crippen LogP contribution in [0.4, 0.5) is 0 Å². The maximum Gasteiger partial charge on any atom is 0.231 e. The first-order valence-corrected chi connectivity index (χ1v) is 7.14. The van der Waals surface area contributed by atoms with E-state index in [9.17, 15) is 4.79 Å². The Bertz CT molecular complexity index is 496.